The number of benzene rings is 1. The largest absolute Gasteiger partial charge is 0.481 e. The van der Waals surface area contributed by atoms with Gasteiger partial charge in [-0.2, -0.15) is 0 Å². The molecule has 6 heteroatoms. The number of nitrogens with two attached hydrogens (primary N) is 1. The number of aryl methyl sites for hydroxylation is 1. The number of ether oxygens (including phenoxy) is 1. The fourth-order valence-electron chi connectivity index (χ4n) is 3.72. The molecule has 31 heavy (non-hydrogen) atoms. The summed E-state index contributed by atoms with van der Waals surface area (Å²) in [5.41, 5.74) is 11.1. The van der Waals surface area contributed by atoms with Crippen LogP contribution in [-0.2, 0) is 0 Å². The van der Waals surface area contributed by atoms with Crippen molar-refractivity contribution in [3.63, 3.8) is 0 Å². The van der Waals surface area contributed by atoms with E-state index in [1.54, 1.807) is 19.4 Å². The van der Waals surface area contributed by atoms with E-state index in [0.29, 0.717) is 17.4 Å². The Hall–Kier alpha value is -4.37. The maximum atomic E-state index is 5.98. The number of imidazole rings is 1. The molecule has 2 N–H and O–H groups in total. The van der Waals surface area contributed by atoms with E-state index in [0.717, 1.165) is 38.9 Å². The topological polar surface area (TPSA) is 78.3 Å². The van der Waals surface area contributed by atoms with Crippen LogP contribution in [0.5, 0.6) is 5.88 Å². The van der Waals surface area contributed by atoms with Crippen LogP contribution >= 0.6 is 0 Å². The first-order valence-corrected chi connectivity index (χ1v) is 9.79. The molecule has 0 aliphatic heterocycles. The summed E-state index contributed by atoms with van der Waals surface area (Å²) in [5.74, 6) is 7.47. The van der Waals surface area contributed by atoms with E-state index in [1.807, 2.05) is 66.1 Å². The van der Waals surface area contributed by atoms with Gasteiger partial charge in [-0.3, -0.25) is 4.40 Å². The van der Waals surface area contributed by atoms with Crippen molar-refractivity contribution < 1.29 is 4.74 Å². The number of pyridine rings is 3. The molecule has 1 aromatic carbocycles. The Balaban J connectivity index is 1.63. The smallest absolute Gasteiger partial charge is 0.221 e. The Morgan fingerprint density at radius 3 is 2.77 bits per heavy atom. The minimum atomic E-state index is 0.425. The minimum absolute atomic E-state index is 0.425. The second-order valence-corrected chi connectivity index (χ2v) is 7.11. The van der Waals surface area contributed by atoms with Crippen LogP contribution in [0.15, 0.2) is 67.0 Å². The zero-order valence-corrected chi connectivity index (χ0v) is 17.1. The zero-order valence-electron chi connectivity index (χ0n) is 17.1. The van der Waals surface area contributed by atoms with E-state index in [-0.39, 0.29) is 0 Å². The maximum absolute atomic E-state index is 5.98. The highest BCUT2D eigenvalue weighted by Crippen LogP contribution is 2.28. The van der Waals surface area contributed by atoms with Crippen molar-refractivity contribution in [1.82, 2.24) is 19.4 Å². The predicted molar refractivity (Wildman–Crippen MR) is 122 cm³/mol. The van der Waals surface area contributed by atoms with Gasteiger partial charge < -0.3 is 10.5 Å². The molecule has 0 spiro atoms. The molecular weight excluding hydrogens is 386 g/mol. The molecule has 0 aliphatic rings. The van der Waals surface area contributed by atoms with Gasteiger partial charge >= 0.3 is 0 Å². The van der Waals surface area contributed by atoms with Crippen molar-refractivity contribution in [2.24, 2.45) is 0 Å². The molecule has 0 unspecified atom stereocenters. The average molecular weight is 405 g/mol. The van der Waals surface area contributed by atoms with E-state index >= 15 is 0 Å². The fraction of sp³-hybridized carbons (Fsp3) is 0.0800. The van der Waals surface area contributed by atoms with Crippen LogP contribution in [0, 0.1) is 18.8 Å². The second-order valence-electron chi connectivity index (χ2n) is 7.11. The van der Waals surface area contributed by atoms with Gasteiger partial charge in [0.1, 0.15) is 17.2 Å². The summed E-state index contributed by atoms with van der Waals surface area (Å²) in [4.78, 5) is 13.4. The Morgan fingerprint density at radius 1 is 1.00 bits per heavy atom. The predicted octanol–water partition coefficient (Wildman–Crippen LogP) is 4.24. The molecular formula is C25H19N5O. The number of rotatable bonds is 2. The number of methoxy groups -OCH3 is 1. The van der Waals surface area contributed by atoms with Crippen molar-refractivity contribution in [3.05, 3.63) is 83.9 Å². The lowest BCUT2D eigenvalue weighted by atomic mass is 10.1. The number of hydrogen-bond donors (Lipinski definition) is 1. The molecule has 6 nitrogen and oxygen atoms in total. The quantitative estimate of drug-likeness (QED) is 0.445. The van der Waals surface area contributed by atoms with Crippen LogP contribution in [-0.4, -0.2) is 26.5 Å². The zero-order chi connectivity index (χ0) is 21.4. The summed E-state index contributed by atoms with van der Waals surface area (Å²) in [5, 5.41) is 1.96. The third-order valence-corrected chi connectivity index (χ3v) is 5.12. The van der Waals surface area contributed by atoms with Crippen molar-refractivity contribution >= 4 is 22.2 Å². The molecule has 4 aromatic heterocycles. The Kier molecular flexibility index (Phi) is 4.49. The van der Waals surface area contributed by atoms with Gasteiger partial charge in [-0.1, -0.05) is 12.0 Å². The van der Waals surface area contributed by atoms with E-state index in [9.17, 15) is 0 Å². The summed E-state index contributed by atoms with van der Waals surface area (Å²) < 4.78 is 7.38. The first kappa shape index (κ1) is 18.6. The first-order chi connectivity index (χ1) is 15.1. The van der Waals surface area contributed by atoms with Crippen LogP contribution in [0.4, 0.5) is 5.82 Å². The molecule has 0 bridgehead atoms. The molecule has 4 heterocycles. The minimum Gasteiger partial charge on any atom is -0.481 e. The summed E-state index contributed by atoms with van der Waals surface area (Å²) in [6.07, 6.45) is 3.71. The molecule has 150 valence electrons. The van der Waals surface area contributed by atoms with Crippen molar-refractivity contribution in [3.8, 4) is 29.0 Å². The third kappa shape index (κ3) is 3.32. The van der Waals surface area contributed by atoms with Crippen LogP contribution in [0.25, 0.3) is 27.7 Å². The average Bonchev–Trinajstić information content (AvgIpc) is 3.12. The molecule has 0 radical (unpaired) electrons. The van der Waals surface area contributed by atoms with Crippen molar-refractivity contribution in [1.29, 1.82) is 0 Å². The van der Waals surface area contributed by atoms with Gasteiger partial charge in [0.05, 0.1) is 18.5 Å². The van der Waals surface area contributed by atoms with Crippen LogP contribution in [0.2, 0.25) is 0 Å². The van der Waals surface area contributed by atoms with E-state index in [4.69, 9.17) is 10.5 Å². The van der Waals surface area contributed by atoms with Crippen LogP contribution in [0.3, 0.4) is 0 Å². The Bertz CT molecular complexity index is 1510. The molecule has 0 fully saturated rings. The first-order valence-electron chi connectivity index (χ1n) is 9.79. The lowest BCUT2D eigenvalue weighted by Gasteiger charge is -2.07. The van der Waals surface area contributed by atoms with Gasteiger partial charge in [0, 0.05) is 28.9 Å². The second kappa shape index (κ2) is 7.47. The monoisotopic (exact) mass is 405 g/mol. The molecule has 0 amide bonds. The number of nitrogen functional groups attached to an aromatic ring is 1. The molecule has 5 rings (SSSR count). The highest BCUT2D eigenvalue weighted by Gasteiger charge is 2.14. The Labute approximate surface area is 179 Å². The van der Waals surface area contributed by atoms with Gasteiger partial charge in [0.15, 0.2) is 0 Å². The van der Waals surface area contributed by atoms with Gasteiger partial charge in [0.25, 0.3) is 0 Å². The third-order valence-electron chi connectivity index (χ3n) is 5.12. The van der Waals surface area contributed by atoms with Gasteiger partial charge in [-0.25, -0.2) is 15.0 Å². The number of fused-ring (bicyclic) bond motifs is 2. The summed E-state index contributed by atoms with van der Waals surface area (Å²) >= 11 is 0. The van der Waals surface area contributed by atoms with Gasteiger partial charge in [0.2, 0.25) is 5.88 Å². The standard InChI is InChI=1S/C25H19N5O/c1-16-24(30-14-4-3-5-23(30)28-16)20-9-11-22(26)29-21(20)10-7-17-6-8-19-18(15-17)12-13-27-25(19)31-2/h3-6,8-9,11-15H,1-2H3,(H2,26,29). The van der Waals surface area contributed by atoms with Crippen LogP contribution < -0.4 is 10.5 Å². The molecule has 0 aliphatic carbocycles. The fourth-order valence-corrected chi connectivity index (χ4v) is 3.72. The van der Waals surface area contributed by atoms with E-state index in [2.05, 4.69) is 26.8 Å². The number of aromatic nitrogens is 4. The lowest BCUT2D eigenvalue weighted by Crippen LogP contribution is -1.98. The summed E-state index contributed by atoms with van der Waals surface area (Å²) in [6.45, 7) is 1.99. The maximum Gasteiger partial charge on any atom is 0.221 e. The van der Waals surface area contributed by atoms with Crippen molar-refractivity contribution in [2.75, 3.05) is 12.8 Å². The SMILES string of the molecule is COc1nccc2cc(C#Cc3nc(N)ccc3-c3c(C)nc4ccccn34)ccc12. The molecule has 0 saturated heterocycles. The number of anilines is 1. The normalized spacial score (nSPS) is 10.8. The summed E-state index contributed by atoms with van der Waals surface area (Å²) in [6, 6.07) is 17.5. The highest BCUT2D eigenvalue weighted by atomic mass is 16.5. The van der Waals surface area contributed by atoms with E-state index < -0.39 is 0 Å². The Morgan fingerprint density at radius 2 is 1.90 bits per heavy atom. The number of nitrogens with zero attached hydrogens (tertiary/aromatic N) is 4. The molecule has 0 atom stereocenters. The summed E-state index contributed by atoms with van der Waals surface area (Å²) in [7, 11) is 1.62. The lowest BCUT2D eigenvalue weighted by molar-refractivity contribution is 0.403. The van der Waals surface area contributed by atoms with Crippen LogP contribution in [0.1, 0.15) is 17.0 Å². The van der Waals surface area contributed by atoms with E-state index in [1.165, 1.54) is 0 Å². The highest BCUT2D eigenvalue weighted by molar-refractivity contribution is 5.88. The van der Waals surface area contributed by atoms with Crippen molar-refractivity contribution in [2.45, 2.75) is 6.92 Å². The van der Waals surface area contributed by atoms with Gasteiger partial charge in [-0.15, -0.1) is 0 Å². The molecule has 0 saturated carbocycles. The number of hydrogen-bond acceptors (Lipinski definition) is 5. The van der Waals surface area contributed by atoms with Gasteiger partial charge in [-0.05, 0) is 66.8 Å². The molecule has 5 aromatic rings.